The molecule has 0 heterocycles. The smallest absolute Gasteiger partial charge is 0.168 e. The molecule has 1 nitrogen and oxygen atoms in total. The highest BCUT2D eigenvalue weighted by Gasteiger charge is 2.48. The molecule has 1 aliphatic rings. The van der Waals surface area contributed by atoms with Gasteiger partial charge in [0.25, 0.3) is 0 Å². The zero-order chi connectivity index (χ0) is 23.2. The van der Waals surface area contributed by atoms with Crippen molar-refractivity contribution in [1.82, 2.24) is 0 Å². The molecule has 0 bridgehead atoms. The molecule has 0 saturated carbocycles. The summed E-state index contributed by atoms with van der Waals surface area (Å²) in [5.74, 6) is 0. The number of hydrogen-bond donors (Lipinski definition) is 0. The van der Waals surface area contributed by atoms with Crippen LogP contribution >= 0.6 is 24.4 Å². The van der Waals surface area contributed by atoms with Crippen molar-refractivity contribution in [3.63, 3.8) is 0 Å². The van der Waals surface area contributed by atoms with E-state index in [1.165, 1.54) is 27.1 Å². The Hall–Kier alpha value is -2.72. The van der Waals surface area contributed by atoms with Gasteiger partial charge in [-0.15, -0.1) is 11.8 Å². The third kappa shape index (κ3) is 3.38. The van der Waals surface area contributed by atoms with E-state index < -0.39 is 9.87 Å². The predicted octanol–water partition coefficient (Wildman–Crippen LogP) is 8.57. The van der Waals surface area contributed by atoms with Crippen molar-refractivity contribution in [1.29, 1.82) is 0 Å². The molecule has 1 radical (unpaired) electrons. The lowest BCUT2D eigenvalue weighted by Crippen LogP contribution is -2.36. The lowest BCUT2D eigenvalue weighted by molar-refractivity contribution is -0.0379. The van der Waals surface area contributed by atoms with Gasteiger partial charge in [0.05, 0.1) is 0 Å². The van der Waals surface area contributed by atoms with Crippen molar-refractivity contribution < 1.29 is 4.74 Å². The Balaban J connectivity index is 1.66. The van der Waals surface area contributed by atoms with Crippen LogP contribution in [-0.2, 0) is 21.0 Å². The minimum absolute atomic E-state index is 0.777. The van der Waals surface area contributed by atoms with Crippen LogP contribution < -0.4 is 0 Å². The molecule has 1 aliphatic carbocycles. The van der Waals surface area contributed by atoms with E-state index in [0.29, 0.717) is 0 Å². The van der Waals surface area contributed by atoms with Crippen molar-refractivity contribution >= 4 is 45.9 Å². The van der Waals surface area contributed by atoms with Gasteiger partial charge in [-0.3, -0.25) is 0 Å². The molecule has 3 heteroatoms. The van der Waals surface area contributed by atoms with Crippen LogP contribution in [0.5, 0.6) is 0 Å². The summed E-state index contributed by atoms with van der Waals surface area (Å²) in [6, 6.07) is 38.6. The molecule has 0 fully saturated rings. The van der Waals surface area contributed by atoms with Crippen LogP contribution in [0.1, 0.15) is 28.7 Å². The molecule has 0 amide bonds. The maximum atomic E-state index is 7.33. The first-order valence-electron chi connectivity index (χ1n) is 11.7. The number of ether oxygens (including phenoxy) is 1. The normalized spacial score (nSPS) is 17.8. The van der Waals surface area contributed by atoms with Gasteiger partial charge in [-0.05, 0) is 51.8 Å². The van der Waals surface area contributed by atoms with E-state index in [4.69, 9.17) is 17.4 Å². The highest BCUT2D eigenvalue weighted by atomic mass is 32.2. The van der Waals surface area contributed by atoms with Gasteiger partial charge < -0.3 is 4.74 Å². The number of rotatable bonds is 5. The zero-order valence-corrected chi connectivity index (χ0v) is 20.7. The lowest BCUT2D eigenvalue weighted by atomic mass is 9.91. The van der Waals surface area contributed by atoms with Crippen molar-refractivity contribution in [2.75, 3.05) is 6.26 Å². The first-order valence-corrected chi connectivity index (χ1v) is 13.3. The SMILES string of the molecule is CSC(OC1([S])CCc2ccccc21)(c1cccc2ccccc12)c1cccc2ccccc12. The van der Waals surface area contributed by atoms with E-state index in [1.807, 2.05) is 0 Å². The van der Waals surface area contributed by atoms with Gasteiger partial charge in [-0.1, -0.05) is 122 Å². The summed E-state index contributed by atoms with van der Waals surface area (Å²) in [5.41, 5.74) is 4.71. The van der Waals surface area contributed by atoms with E-state index >= 15 is 0 Å². The van der Waals surface area contributed by atoms with Crippen LogP contribution in [-0.4, -0.2) is 6.26 Å². The second-order valence-electron chi connectivity index (χ2n) is 8.89. The Morgan fingerprint density at radius 2 is 1.24 bits per heavy atom. The second-order valence-corrected chi connectivity index (χ2v) is 10.5. The Morgan fingerprint density at radius 3 is 1.85 bits per heavy atom. The van der Waals surface area contributed by atoms with Gasteiger partial charge in [-0.25, -0.2) is 0 Å². The average molecular weight is 478 g/mol. The standard InChI is InChI=1S/C31H25OS2/c1-34-31(28-18-8-13-22-10-2-5-15-25(22)28,29-19-9-14-23-11-3-6-16-26(23)29)32-30(33)21-20-24-12-4-7-17-27(24)30/h2-19H,20-21H2,1H3. The van der Waals surface area contributed by atoms with Gasteiger partial charge >= 0.3 is 0 Å². The number of thioether (sulfide) groups is 1. The predicted molar refractivity (Wildman–Crippen MR) is 147 cm³/mol. The van der Waals surface area contributed by atoms with Crippen LogP contribution in [0.4, 0.5) is 0 Å². The molecule has 34 heavy (non-hydrogen) atoms. The van der Waals surface area contributed by atoms with E-state index in [0.717, 1.165) is 29.5 Å². The fraction of sp³-hybridized carbons (Fsp3) is 0.161. The van der Waals surface area contributed by atoms with Gasteiger partial charge in [0, 0.05) is 11.1 Å². The van der Waals surface area contributed by atoms with Crippen molar-refractivity contribution in [2.24, 2.45) is 0 Å². The molecule has 0 spiro atoms. The fourth-order valence-electron chi connectivity index (χ4n) is 5.42. The van der Waals surface area contributed by atoms with E-state index in [1.54, 1.807) is 11.8 Å². The number of hydrogen-bond acceptors (Lipinski definition) is 2. The van der Waals surface area contributed by atoms with Crippen LogP contribution in [0, 0.1) is 0 Å². The summed E-state index contributed by atoms with van der Waals surface area (Å²) in [5, 5.41) is 4.79. The fourth-order valence-corrected chi connectivity index (χ4v) is 6.92. The van der Waals surface area contributed by atoms with Crippen molar-refractivity contribution in [2.45, 2.75) is 22.7 Å². The van der Waals surface area contributed by atoms with Gasteiger partial charge in [0.2, 0.25) is 0 Å². The molecule has 1 unspecified atom stereocenters. The van der Waals surface area contributed by atoms with Crippen LogP contribution in [0.2, 0.25) is 0 Å². The zero-order valence-electron chi connectivity index (χ0n) is 19.0. The maximum Gasteiger partial charge on any atom is 0.168 e. The third-order valence-corrected chi connectivity index (χ3v) is 8.64. The summed E-state index contributed by atoms with van der Waals surface area (Å²) < 4.78 is 7.33. The molecular formula is C31H25OS2. The Labute approximate surface area is 210 Å². The van der Waals surface area contributed by atoms with Crippen LogP contribution in [0.15, 0.2) is 109 Å². The molecule has 5 aromatic rings. The average Bonchev–Trinajstić information content (AvgIpc) is 3.23. The summed E-state index contributed by atoms with van der Waals surface area (Å²) in [6.45, 7) is 0. The van der Waals surface area contributed by atoms with Crippen molar-refractivity contribution in [3.8, 4) is 0 Å². The molecule has 0 saturated heterocycles. The second kappa shape index (κ2) is 8.49. The number of benzene rings is 5. The molecule has 167 valence electrons. The summed E-state index contributed by atoms with van der Waals surface area (Å²) >= 11 is 8.07. The summed E-state index contributed by atoms with van der Waals surface area (Å²) in [4.78, 5) is -1.57. The Morgan fingerprint density at radius 1 is 0.706 bits per heavy atom. The molecular weight excluding hydrogens is 452 g/mol. The van der Waals surface area contributed by atoms with Gasteiger partial charge in [0.15, 0.2) is 9.87 Å². The number of aryl methyl sites for hydroxylation is 1. The van der Waals surface area contributed by atoms with Crippen molar-refractivity contribution in [3.05, 3.63) is 131 Å². The van der Waals surface area contributed by atoms with Crippen LogP contribution in [0.3, 0.4) is 0 Å². The summed E-state index contributed by atoms with van der Waals surface area (Å²) in [7, 11) is 0. The van der Waals surface area contributed by atoms with Gasteiger partial charge in [-0.2, -0.15) is 0 Å². The lowest BCUT2D eigenvalue weighted by Gasteiger charge is -2.41. The molecule has 1 atom stereocenters. The maximum absolute atomic E-state index is 7.33. The Bertz CT molecular complexity index is 1420. The minimum atomic E-state index is -0.798. The summed E-state index contributed by atoms with van der Waals surface area (Å²) in [6.07, 6.45) is 3.87. The first kappa shape index (κ1) is 21.8. The van der Waals surface area contributed by atoms with E-state index in [-0.39, 0.29) is 0 Å². The highest BCUT2D eigenvalue weighted by Crippen LogP contribution is 2.55. The molecule has 0 aromatic heterocycles. The highest BCUT2D eigenvalue weighted by molar-refractivity contribution is 7.99. The minimum Gasteiger partial charge on any atom is -0.333 e. The molecule has 6 rings (SSSR count). The molecule has 0 N–H and O–H groups in total. The van der Waals surface area contributed by atoms with E-state index in [2.05, 4.69) is 115 Å². The Kier molecular flexibility index (Phi) is 5.44. The number of fused-ring (bicyclic) bond motifs is 3. The third-order valence-electron chi connectivity index (χ3n) is 7.04. The van der Waals surface area contributed by atoms with Crippen LogP contribution in [0.25, 0.3) is 21.5 Å². The molecule has 5 aromatic carbocycles. The topological polar surface area (TPSA) is 9.23 Å². The van der Waals surface area contributed by atoms with E-state index in [9.17, 15) is 0 Å². The quantitative estimate of drug-likeness (QED) is 0.234. The monoisotopic (exact) mass is 477 g/mol. The largest absolute Gasteiger partial charge is 0.333 e. The first-order chi connectivity index (χ1) is 16.6. The molecule has 0 aliphatic heterocycles. The van der Waals surface area contributed by atoms with Gasteiger partial charge in [0.1, 0.15) is 0 Å².